The Labute approximate surface area is 131 Å². The van der Waals surface area contributed by atoms with Gasteiger partial charge in [-0.1, -0.05) is 41.9 Å². The van der Waals surface area contributed by atoms with E-state index in [9.17, 15) is 9.90 Å². The molecule has 1 unspecified atom stereocenters. The minimum Gasteiger partial charge on any atom is -0.481 e. The Bertz CT molecular complexity index is 627. The molecule has 1 aromatic carbocycles. The van der Waals surface area contributed by atoms with Gasteiger partial charge in [-0.25, -0.2) is 4.68 Å². The fourth-order valence-electron chi connectivity index (χ4n) is 2.19. The average molecular weight is 353 g/mol. The third-order valence-corrected chi connectivity index (χ3v) is 3.61. The normalized spacial score (nSPS) is 12.6. The zero-order valence-electron chi connectivity index (χ0n) is 11.9. The summed E-state index contributed by atoms with van der Waals surface area (Å²) >= 11 is 3.41. The van der Waals surface area contributed by atoms with Crippen molar-refractivity contribution in [1.82, 2.24) is 20.2 Å². The minimum atomic E-state index is -0.820. The largest absolute Gasteiger partial charge is 0.481 e. The number of nitrogens with zero attached hydrogens (tertiary/aromatic N) is 4. The second kappa shape index (κ2) is 6.80. The second-order valence-corrected chi connectivity index (χ2v) is 6.28. The van der Waals surface area contributed by atoms with Crippen molar-refractivity contribution in [2.24, 2.45) is 11.8 Å². The second-order valence-electron chi connectivity index (χ2n) is 5.36. The number of aromatic nitrogens is 4. The Morgan fingerprint density at radius 3 is 2.81 bits per heavy atom. The fourth-order valence-corrected chi connectivity index (χ4v) is 2.59. The Kier molecular flexibility index (Phi) is 5.06. The van der Waals surface area contributed by atoms with Gasteiger partial charge in [0.1, 0.15) is 0 Å². The van der Waals surface area contributed by atoms with E-state index in [-0.39, 0.29) is 6.54 Å². The van der Waals surface area contributed by atoms with Crippen LogP contribution in [0.15, 0.2) is 28.7 Å². The molecule has 0 amide bonds. The van der Waals surface area contributed by atoms with Crippen molar-refractivity contribution in [2.75, 3.05) is 0 Å². The summed E-state index contributed by atoms with van der Waals surface area (Å²) in [5, 5.41) is 20.9. The number of rotatable bonds is 6. The number of hydrogen-bond acceptors (Lipinski definition) is 4. The van der Waals surface area contributed by atoms with E-state index >= 15 is 0 Å². The fraction of sp³-hybridized carbons (Fsp3) is 0.429. The van der Waals surface area contributed by atoms with Crippen LogP contribution in [0.5, 0.6) is 0 Å². The lowest BCUT2D eigenvalue weighted by atomic mass is 9.97. The van der Waals surface area contributed by atoms with Crippen molar-refractivity contribution in [3.8, 4) is 11.4 Å². The Morgan fingerprint density at radius 2 is 2.19 bits per heavy atom. The van der Waals surface area contributed by atoms with E-state index in [1.54, 1.807) is 4.68 Å². The molecule has 2 rings (SSSR count). The predicted molar refractivity (Wildman–Crippen MR) is 81.5 cm³/mol. The molecule has 0 bridgehead atoms. The quantitative estimate of drug-likeness (QED) is 0.864. The van der Waals surface area contributed by atoms with Crippen LogP contribution in [0, 0.1) is 11.8 Å². The molecule has 0 aliphatic heterocycles. The lowest BCUT2D eigenvalue weighted by Gasteiger charge is -2.15. The first-order valence-corrected chi connectivity index (χ1v) is 7.51. The monoisotopic (exact) mass is 352 g/mol. The molecule has 0 spiro atoms. The topological polar surface area (TPSA) is 80.9 Å². The van der Waals surface area contributed by atoms with Gasteiger partial charge in [-0.3, -0.25) is 4.79 Å². The van der Waals surface area contributed by atoms with E-state index in [1.165, 1.54) is 0 Å². The van der Waals surface area contributed by atoms with E-state index in [2.05, 4.69) is 31.5 Å². The van der Waals surface area contributed by atoms with Gasteiger partial charge in [0.25, 0.3) is 0 Å². The number of tetrazole rings is 1. The summed E-state index contributed by atoms with van der Waals surface area (Å²) in [6.07, 6.45) is 0.590. The molecule has 1 heterocycles. The molecule has 0 saturated carbocycles. The standard InChI is InChI=1S/C14H17BrN4O2/c1-9(2)6-11(14(20)21)8-19-13(16-17-18-19)10-4-3-5-12(15)7-10/h3-5,7,9,11H,6,8H2,1-2H3,(H,20,21). The summed E-state index contributed by atoms with van der Waals surface area (Å²) in [6, 6.07) is 7.60. The molecule has 1 aromatic heterocycles. The first-order chi connectivity index (χ1) is 9.97. The summed E-state index contributed by atoms with van der Waals surface area (Å²) in [5.74, 6) is -0.443. The van der Waals surface area contributed by atoms with Crippen LogP contribution >= 0.6 is 15.9 Å². The van der Waals surface area contributed by atoms with Crippen molar-refractivity contribution in [3.63, 3.8) is 0 Å². The predicted octanol–water partition coefficient (Wildman–Crippen LogP) is 2.85. The number of benzene rings is 1. The molecule has 7 heteroatoms. The lowest BCUT2D eigenvalue weighted by molar-refractivity contribution is -0.142. The highest BCUT2D eigenvalue weighted by atomic mass is 79.9. The smallest absolute Gasteiger partial charge is 0.308 e. The van der Waals surface area contributed by atoms with Gasteiger partial charge in [-0.2, -0.15) is 0 Å². The van der Waals surface area contributed by atoms with Crippen LogP contribution in [0.4, 0.5) is 0 Å². The van der Waals surface area contributed by atoms with Crippen LogP contribution in [0.3, 0.4) is 0 Å². The van der Waals surface area contributed by atoms with Crippen molar-refractivity contribution < 1.29 is 9.90 Å². The number of aliphatic carboxylic acids is 1. The van der Waals surface area contributed by atoms with E-state index in [4.69, 9.17) is 0 Å². The Hall–Kier alpha value is -1.76. The van der Waals surface area contributed by atoms with Gasteiger partial charge >= 0.3 is 5.97 Å². The zero-order chi connectivity index (χ0) is 15.4. The van der Waals surface area contributed by atoms with Crippen LogP contribution in [0.2, 0.25) is 0 Å². The maximum absolute atomic E-state index is 11.4. The summed E-state index contributed by atoms with van der Waals surface area (Å²) in [7, 11) is 0. The maximum atomic E-state index is 11.4. The molecular formula is C14H17BrN4O2. The minimum absolute atomic E-state index is 0.266. The summed E-state index contributed by atoms with van der Waals surface area (Å²) in [6.45, 7) is 4.28. The number of carboxylic acid groups (broad SMARTS) is 1. The van der Waals surface area contributed by atoms with Gasteiger partial charge in [0.2, 0.25) is 0 Å². The molecular weight excluding hydrogens is 336 g/mol. The molecule has 0 saturated heterocycles. The molecule has 112 valence electrons. The molecule has 0 radical (unpaired) electrons. The summed E-state index contributed by atoms with van der Waals surface area (Å²) in [5.41, 5.74) is 0.850. The SMILES string of the molecule is CC(C)CC(Cn1nnnc1-c1cccc(Br)c1)C(=O)O. The molecule has 0 fully saturated rings. The van der Waals surface area contributed by atoms with Crippen LogP contribution in [0.25, 0.3) is 11.4 Å². The maximum Gasteiger partial charge on any atom is 0.308 e. The van der Waals surface area contributed by atoms with Crippen molar-refractivity contribution in [3.05, 3.63) is 28.7 Å². The van der Waals surface area contributed by atoms with Crippen molar-refractivity contribution in [1.29, 1.82) is 0 Å². The summed E-state index contributed by atoms with van der Waals surface area (Å²) < 4.78 is 2.48. The number of halogens is 1. The van der Waals surface area contributed by atoms with E-state index in [1.807, 2.05) is 38.1 Å². The summed E-state index contributed by atoms with van der Waals surface area (Å²) in [4.78, 5) is 11.4. The Balaban J connectivity index is 2.25. The van der Waals surface area contributed by atoms with Crippen LogP contribution < -0.4 is 0 Å². The van der Waals surface area contributed by atoms with Crippen LogP contribution in [-0.4, -0.2) is 31.3 Å². The highest BCUT2D eigenvalue weighted by molar-refractivity contribution is 9.10. The average Bonchev–Trinajstić information content (AvgIpc) is 2.85. The van der Waals surface area contributed by atoms with Crippen molar-refractivity contribution >= 4 is 21.9 Å². The Morgan fingerprint density at radius 1 is 1.43 bits per heavy atom. The highest BCUT2D eigenvalue weighted by Gasteiger charge is 2.22. The third kappa shape index (κ3) is 4.10. The zero-order valence-corrected chi connectivity index (χ0v) is 13.5. The van der Waals surface area contributed by atoms with E-state index < -0.39 is 11.9 Å². The third-order valence-electron chi connectivity index (χ3n) is 3.11. The first kappa shape index (κ1) is 15.6. The van der Waals surface area contributed by atoms with Gasteiger partial charge in [0.15, 0.2) is 5.82 Å². The molecule has 1 atom stereocenters. The first-order valence-electron chi connectivity index (χ1n) is 6.72. The van der Waals surface area contributed by atoms with Gasteiger partial charge in [0, 0.05) is 10.0 Å². The van der Waals surface area contributed by atoms with Crippen LogP contribution in [0.1, 0.15) is 20.3 Å². The van der Waals surface area contributed by atoms with E-state index in [0.717, 1.165) is 10.0 Å². The van der Waals surface area contributed by atoms with Gasteiger partial charge in [-0.15, -0.1) is 5.10 Å². The van der Waals surface area contributed by atoms with Gasteiger partial charge in [0.05, 0.1) is 12.5 Å². The molecule has 0 aliphatic carbocycles. The number of carboxylic acids is 1. The van der Waals surface area contributed by atoms with Crippen molar-refractivity contribution in [2.45, 2.75) is 26.8 Å². The number of hydrogen-bond donors (Lipinski definition) is 1. The van der Waals surface area contributed by atoms with E-state index in [0.29, 0.717) is 18.2 Å². The van der Waals surface area contributed by atoms with Gasteiger partial charge in [-0.05, 0) is 34.9 Å². The van der Waals surface area contributed by atoms with Crippen LogP contribution in [-0.2, 0) is 11.3 Å². The molecule has 0 aliphatic rings. The molecule has 1 N–H and O–H groups in total. The lowest BCUT2D eigenvalue weighted by Crippen LogP contribution is -2.23. The molecule has 6 nitrogen and oxygen atoms in total. The molecule has 21 heavy (non-hydrogen) atoms. The van der Waals surface area contributed by atoms with Gasteiger partial charge < -0.3 is 5.11 Å². The highest BCUT2D eigenvalue weighted by Crippen LogP contribution is 2.22. The number of carbonyl (C=O) groups is 1. The molecule has 2 aromatic rings.